The van der Waals surface area contributed by atoms with E-state index in [4.69, 9.17) is 0 Å². The summed E-state index contributed by atoms with van der Waals surface area (Å²) in [6, 6.07) is 6.97. The molecule has 0 radical (unpaired) electrons. The molecule has 1 unspecified atom stereocenters. The van der Waals surface area contributed by atoms with Gasteiger partial charge in [-0.25, -0.2) is 17.2 Å². The maximum absolute atomic E-state index is 13.5. The third-order valence-corrected chi connectivity index (χ3v) is 6.64. The lowest BCUT2D eigenvalue weighted by Gasteiger charge is -2.27. The molecule has 0 aliphatic rings. The molecule has 5 nitrogen and oxygen atoms in total. The normalized spacial score (nSPS) is 12.8. The number of amides is 1. The minimum Gasteiger partial charge on any atom is -0.325 e. The van der Waals surface area contributed by atoms with Gasteiger partial charge < -0.3 is 5.32 Å². The van der Waals surface area contributed by atoms with Gasteiger partial charge in [-0.2, -0.15) is 4.31 Å². The Morgan fingerprint density at radius 1 is 1.14 bits per heavy atom. The van der Waals surface area contributed by atoms with Crippen molar-refractivity contribution in [2.24, 2.45) is 0 Å². The van der Waals surface area contributed by atoms with Gasteiger partial charge in [0.05, 0.1) is 11.4 Å². The molecular formula is C20H24F2N2O3S. The van der Waals surface area contributed by atoms with Gasteiger partial charge in [-0.15, -0.1) is 0 Å². The fourth-order valence-corrected chi connectivity index (χ4v) is 4.42. The van der Waals surface area contributed by atoms with Gasteiger partial charge >= 0.3 is 0 Å². The first kappa shape index (κ1) is 22.0. The first-order valence-corrected chi connectivity index (χ1v) is 10.3. The monoisotopic (exact) mass is 410 g/mol. The molecule has 0 heterocycles. The summed E-state index contributed by atoms with van der Waals surface area (Å²) in [7, 11) is -4.27. The number of carbonyl (C=O) groups is 1. The van der Waals surface area contributed by atoms with E-state index in [9.17, 15) is 22.0 Å². The Hall–Kier alpha value is -2.32. The highest BCUT2D eigenvalue weighted by atomic mass is 32.2. The van der Waals surface area contributed by atoms with E-state index in [1.54, 1.807) is 26.0 Å². The fraction of sp³-hybridized carbons (Fsp3) is 0.350. The Morgan fingerprint density at radius 3 is 2.32 bits per heavy atom. The molecule has 0 bridgehead atoms. The Morgan fingerprint density at radius 2 is 1.75 bits per heavy atom. The molecule has 2 rings (SSSR count). The molecular weight excluding hydrogens is 386 g/mol. The number of benzene rings is 2. The van der Waals surface area contributed by atoms with Crippen molar-refractivity contribution in [2.75, 3.05) is 11.9 Å². The van der Waals surface area contributed by atoms with Gasteiger partial charge in [0.15, 0.2) is 0 Å². The lowest BCUT2D eigenvalue weighted by Crippen LogP contribution is -2.43. The van der Waals surface area contributed by atoms with Crippen molar-refractivity contribution in [3.05, 3.63) is 59.2 Å². The topological polar surface area (TPSA) is 66.5 Å². The van der Waals surface area contributed by atoms with Crippen LogP contribution >= 0.6 is 0 Å². The second-order valence-electron chi connectivity index (χ2n) is 6.71. The van der Waals surface area contributed by atoms with Crippen molar-refractivity contribution in [1.82, 2.24) is 4.31 Å². The smallest absolute Gasteiger partial charge is 0.243 e. The average Bonchev–Trinajstić information content (AvgIpc) is 2.62. The maximum Gasteiger partial charge on any atom is 0.243 e. The molecule has 2 aromatic rings. The summed E-state index contributed by atoms with van der Waals surface area (Å²) in [5.41, 5.74) is 2.45. The van der Waals surface area contributed by atoms with Crippen molar-refractivity contribution in [3.63, 3.8) is 0 Å². The highest BCUT2D eigenvalue weighted by molar-refractivity contribution is 7.89. The van der Waals surface area contributed by atoms with Crippen LogP contribution in [0.4, 0.5) is 14.5 Å². The number of halogens is 2. The lowest BCUT2D eigenvalue weighted by molar-refractivity contribution is -0.116. The Bertz CT molecular complexity index is 957. The van der Waals surface area contributed by atoms with E-state index in [-0.39, 0.29) is 0 Å². The SMILES string of the molecule is CCC(C)N(CC(=O)Nc1cccc(C)c1C)S(=O)(=O)c1cc(F)cc(F)c1. The van der Waals surface area contributed by atoms with E-state index in [0.717, 1.165) is 27.6 Å². The number of carbonyl (C=O) groups excluding carboxylic acids is 1. The number of hydrogen-bond acceptors (Lipinski definition) is 3. The second-order valence-corrected chi connectivity index (χ2v) is 8.60. The van der Waals surface area contributed by atoms with Crippen LogP contribution in [0, 0.1) is 25.5 Å². The van der Waals surface area contributed by atoms with Crippen LogP contribution < -0.4 is 5.32 Å². The molecule has 1 atom stereocenters. The van der Waals surface area contributed by atoms with E-state index in [2.05, 4.69) is 5.32 Å². The molecule has 0 aliphatic heterocycles. The van der Waals surface area contributed by atoms with Crippen LogP contribution in [0.3, 0.4) is 0 Å². The summed E-state index contributed by atoms with van der Waals surface area (Å²) in [5, 5.41) is 2.71. The molecule has 0 saturated carbocycles. The van der Waals surface area contributed by atoms with Gasteiger partial charge in [0.25, 0.3) is 0 Å². The van der Waals surface area contributed by atoms with Gasteiger partial charge in [0.2, 0.25) is 15.9 Å². The minimum absolute atomic E-state index is 0.424. The first-order chi connectivity index (χ1) is 13.1. The molecule has 1 N–H and O–H groups in total. The molecule has 2 aromatic carbocycles. The number of aryl methyl sites for hydroxylation is 1. The van der Waals surface area contributed by atoms with E-state index < -0.39 is 45.0 Å². The van der Waals surface area contributed by atoms with Gasteiger partial charge in [-0.1, -0.05) is 19.1 Å². The van der Waals surface area contributed by atoms with Gasteiger partial charge in [0.1, 0.15) is 11.6 Å². The minimum atomic E-state index is -4.27. The molecule has 152 valence electrons. The van der Waals surface area contributed by atoms with Gasteiger partial charge in [-0.05, 0) is 56.5 Å². The standard InChI is InChI=1S/C20H24F2N2O3S/c1-5-14(3)24(28(26,27)18-10-16(21)9-17(22)11-18)12-20(25)23-19-8-6-7-13(2)15(19)4/h6-11,14H,5,12H2,1-4H3,(H,23,25). The summed E-state index contributed by atoms with van der Waals surface area (Å²) < 4.78 is 53.9. The highest BCUT2D eigenvalue weighted by Gasteiger charge is 2.31. The van der Waals surface area contributed by atoms with Crippen LogP contribution in [0.15, 0.2) is 41.3 Å². The summed E-state index contributed by atoms with van der Waals surface area (Å²) >= 11 is 0. The van der Waals surface area contributed by atoms with Crippen LogP contribution in [0.25, 0.3) is 0 Å². The summed E-state index contributed by atoms with van der Waals surface area (Å²) in [6.07, 6.45) is 0.424. The molecule has 0 spiro atoms. The molecule has 0 fully saturated rings. The zero-order chi connectivity index (χ0) is 21.1. The predicted octanol–water partition coefficient (Wildman–Crippen LogP) is 4.01. The summed E-state index contributed by atoms with van der Waals surface area (Å²) in [5.74, 6) is -2.53. The van der Waals surface area contributed by atoms with E-state index >= 15 is 0 Å². The summed E-state index contributed by atoms with van der Waals surface area (Å²) in [4.78, 5) is 12.0. The average molecular weight is 410 g/mol. The number of rotatable bonds is 7. The van der Waals surface area contributed by atoms with Crippen LogP contribution in [-0.2, 0) is 14.8 Å². The van der Waals surface area contributed by atoms with E-state index in [1.165, 1.54) is 0 Å². The number of anilines is 1. The number of sulfonamides is 1. The number of nitrogens with one attached hydrogen (secondary N) is 1. The Labute approximate surface area is 164 Å². The summed E-state index contributed by atoms with van der Waals surface area (Å²) in [6.45, 7) is 6.69. The van der Waals surface area contributed by atoms with Gasteiger partial charge in [-0.3, -0.25) is 4.79 Å². The van der Waals surface area contributed by atoms with Crippen molar-refractivity contribution >= 4 is 21.6 Å². The molecule has 1 amide bonds. The van der Waals surface area contributed by atoms with Crippen LogP contribution in [-0.4, -0.2) is 31.2 Å². The van der Waals surface area contributed by atoms with E-state index in [1.807, 2.05) is 19.9 Å². The fourth-order valence-electron chi connectivity index (χ4n) is 2.71. The predicted molar refractivity (Wildman–Crippen MR) is 105 cm³/mol. The quantitative estimate of drug-likeness (QED) is 0.750. The molecule has 0 aromatic heterocycles. The Kier molecular flexibility index (Phi) is 6.90. The van der Waals surface area contributed by atoms with Crippen molar-refractivity contribution in [2.45, 2.75) is 45.1 Å². The van der Waals surface area contributed by atoms with Crippen LogP contribution in [0.5, 0.6) is 0 Å². The Balaban J connectivity index is 2.33. The van der Waals surface area contributed by atoms with Crippen LogP contribution in [0.2, 0.25) is 0 Å². The van der Waals surface area contributed by atoms with Crippen molar-refractivity contribution in [3.8, 4) is 0 Å². The zero-order valence-electron chi connectivity index (χ0n) is 16.3. The third kappa shape index (κ3) is 4.94. The van der Waals surface area contributed by atoms with Crippen molar-refractivity contribution < 1.29 is 22.0 Å². The van der Waals surface area contributed by atoms with Crippen LogP contribution in [0.1, 0.15) is 31.4 Å². The first-order valence-electron chi connectivity index (χ1n) is 8.90. The number of hydrogen-bond donors (Lipinski definition) is 1. The molecule has 28 heavy (non-hydrogen) atoms. The van der Waals surface area contributed by atoms with Crippen molar-refractivity contribution in [1.29, 1.82) is 0 Å². The third-order valence-electron chi connectivity index (χ3n) is 4.70. The zero-order valence-corrected chi connectivity index (χ0v) is 17.1. The highest BCUT2D eigenvalue weighted by Crippen LogP contribution is 2.23. The van der Waals surface area contributed by atoms with E-state index in [0.29, 0.717) is 18.2 Å². The molecule has 0 aliphatic carbocycles. The molecule has 8 heteroatoms. The maximum atomic E-state index is 13.5. The molecule has 0 saturated heterocycles. The lowest BCUT2D eigenvalue weighted by atomic mass is 10.1. The largest absolute Gasteiger partial charge is 0.325 e. The van der Waals surface area contributed by atoms with Gasteiger partial charge in [0, 0.05) is 17.8 Å². The second kappa shape index (κ2) is 8.79. The number of nitrogens with zero attached hydrogens (tertiary/aromatic N) is 1.